The fraction of sp³-hybridized carbons (Fsp3) is 0.769. The molecule has 1 fully saturated rings. The number of ether oxygens (including phenoxy) is 1. The van der Waals surface area contributed by atoms with Crippen molar-refractivity contribution in [1.29, 1.82) is 0 Å². The van der Waals surface area contributed by atoms with E-state index in [-0.39, 0.29) is 0 Å². The fourth-order valence-corrected chi connectivity index (χ4v) is 2.25. The molecule has 0 aliphatic heterocycles. The summed E-state index contributed by atoms with van der Waals surface area (Å²) >= 11 is 0. The summed E-state index contributed by atoms with van der Waals surface area (Å²) in [5.41, 5.74) is 0. The summed E-state index contributed by atoms with van der Waals surface area (Å²) in [7, 11) is 0. The van der Waals surface area contributed by atoms with Crippen molar-refractivity contribution in [3.05, 3.63) is 18.7 Å². The Morgan fingerprint density at radius 3 is 3.00 bits per heavy atom. The van der Waals surface area contributed by atoms with Crippen LogP contribution in [0.25, 0.3) is 0 Å². The summed E-state index contributed by atoms with van der Waals surface area (Å²) in [5.74, 6) is 0. The first kappa shape index (κ1) is 12.6. The van der Waals surface area contributed by atoms with Crippen molar-refractivity contribution < 1.29 is 4.74 Å². The molecule has 0 atom stereocenters. The minimum absolute atomic E-state index is 0.517. The third-order valence-electron chi connectivity index (χ3n) is 3.33. The van der Waals surface area contributed by atoms with Gasteiger partial charge in [0.2, 0.25) is 0 Å². The Labute approximate surface area is 103 Å². The molecule has 1 aliphatic rings. The summed E-state index contributed by atoms with van der Waals surface area (Å²) < 4.78 is 7.67. The molecule has 0 saturated heterocycles. The Balaban J connectivity index is 1.43. The second-order valence-electron chi connectivity index (χ2n) is 4.71. The minimum Gasteiger partial charge on any atom is -0.378 e. The molecular formula is C13H23N3O. The molecule has 1 N–H and O–H groups in total. The summed E-state index contributed by atoms with van der Waals surface area (Å²) in [6, 6.07) is 0.694. The monoisotopic (exact) mass is 237 g/mol. The Hall–Kier alpha value is -0.870. The lowest BCUT2D eigenvalue weighted by Crippen LogP contribution is -2.45. The predicted octanol–water partition coefficient (Wildman–Crippen LogP) is 1.82. The minimum atomic E-state index is 0.517. The van der Waals surface area contributed by atoms with E-state index in [0.717, 1.165) is 19.7 Å². The zero-order valence-electron chi connectivity index (χ0n) is 10.6. The Kier molecular flexibility index (Phi) is 5.01. The fourth-order valence-electron chi connectivity index (χ4n) is 2.25. The molecule has 1 aliphatic carbocycles. The first-order valence-electron chi connectivity index (χ1n) is 6.69. The van der Waals surface area contributed by atoms with Crippen LogP contribution in [0.1, 0.15) is 32.6 Å². The normalized spacial score (nSPS) is 23.6. The van der Waals surface area contributed by atoms with Crippen molar-refractivity contribution in [2.45, 2.75) is 51.3 Å². The van der Waals surface area contributed by atoms with Gasteiger partial charge in [-0.25, -0.2) is 4.98 Å². The van der Waals surface area contributed by atoms with Crippen molar-refractivity contribution in [2.75, 3.05) is 13.2 Å². The van der Waals surface area contributed by atoms with Crippen LogP contribution in [0.5, 0.6) is 0 Å². The van der Waals surface area contributed by atoms with E-state index in [2.05, 4.69) is 21.8 Å². The number of rotatable bonds is 8. The smallest absolute Gasteiger partial charge is 0.0945 e. The topological polar surface area (TPSA) is 39.1 Å². The summed E-state index contributed by atoms with van der Waals surface area (Å²) in [6.45, 7) is 5.12. The molecule has 0 spiro atoms. The largest absolute Gasteiger partial charge is 0.378 e. The van der Waals surface area contributed by atoms with E-state index < -0.39 is 0 Å². The first-order chi connectivity index (χ1) is 8.38. The molecule has 0 unspecified atom stereocenters. The van der Waals surface area contributed by atoms with Crippen molar-refractivity contribution in [3.8, 4) is 0 Å². The predicted molar refractivity (Wildman–Crippen MR) is 67.9 cm³/mol. The number of unbranched alkanes of at least 4 members (excludes halogenated alkanes) is 1. The number of hydrogen-bond acceptors (Lipinski definition) is 3. The highest BCUT2D eigenvalue weighted by Crippen LogP contribution is 2.22. The maximum absolute atomic E-state index is 5.53. The quantitative estimate of drug-likeness (QED) is 0.701. The van der Waals surface area contributed by atoms with Crippen LogP contribution in [0.4, 0.5) is 0 Å². The standard InChI is InChI=1S/C13H23N3O/c1-2-17-13-9-12(10-13)15-5-3-4-7-16-8-6-14-11-16/h6,8,11-13,15H,2-5,7,9-10H2,1H3. The van der Waals surface area contributed by atoms with Crippen LogP contribution in [0.15, 0.2) is 18.7 Å². The van der Waals surface area contributed by atoms with Gasteiger partial charge in [-0.05, 0) is 39.2 Å². The second kappa shape index (κ2) is 6.77. The van der Waals surface area contributed by atoms with Gasteiger partial charge in [0.1, 0.15) is 0 Å². The van der Waals surface area contributed by atoms with Crippen LogP contribution in [0, 0.1) is 0 Å². The molecule has 4 heteroatoms. The number of aromatic nitrogens is 2. The lowest BCUT2D eigenvalue weighted by atomic mass is 9.89. The van der Waals surface area contributed by atoms with Crippen LogP contribution in [0.2, 0.25) is 0 Å². The van der Waals surface area contributed by atoms with E-state index in [1.807, 2.05) is 18.7 Å². The highest BCUT2D eigenvalue weighted by atomic mass is 16.5. The molecule has 0 bridgehead atoms. The van der Waals surface area contributed by atoms with Crippen LogP contribution in [0.3, 0.4) is 0 Å². The molecule has 0 aromatic carbocycles. The molecule has 0 radical (unpaired) electrons. The second-order valence-corrected chi connectivity index (χ2v) is 4.71. The SMILES string of the molecule is CCOC1CC(NCCCCn2ccnc2)C1. The molecule has 0 amide bonds. The number of nitrogens with one attached hydrogen (secondary N) is 1. The first-order valence-corrected chi connectivity index (χ1v) is 6.69. The molecule has 1 saturated carbocycles. The van der Waals surface area contributed by atoms with Gasteiger partial charge in [0.25, 0.3) is 0 Å². The van der Waals surface area contributed by atoms with Gasteiger partial charge in [-0.2, -0.15) is 0 Å². The summed E-state index contributed by atoms with van der Waals surface area (Å²) in [5, 5.41) is 3.58. The average Bonchev–Trinajstić information content (AvgIpc) is 2.77. The highest BCUT2D eigenvalue weighted by molar-refractivity contribution is 4.85. The average molecular weight is 237 g/mol. The van der Waals surface area contributed by atoms with Gasteiger partial charge in [0.05, 0.1) is 12.4 Å². The van der Waals surface area contributed by atoms with E-state index in [9.17, 15) is 0 Å². The van der Waals surface area contributed by atoms with Gasteiger partial charge in [-0.3, -0.25) is 0 Å². The Morgan fingerprint density at radius 1 is 1.41 bits per heavy atom. The molecule has 96 valence electrons. The summed E-state index contributed by atoms with van der Waals surface area (Å²) in [6.07, 6.45) is 11.1. The molecule has 1 aromatic rings. The number of imidazole rings is 1. The zero-order chi connectivity index (χ0) is 11.9. The van der Waals surface area contributed by atoms with Gasteiger partial charge in [0, 0.05) is 31.6 Å². The van der Waals surface area contributed by atoms with Gasteiger partial charge >= 0.3 is 0 Å². The van der Waals surface area contributed by atoms with E-state index in [0.29, 0.717) is 12.1 Å². The lowest BCUT2D eigenvalue weighted by Gasteiger charge is -2.35. The zero-order valence-corrected chi connectivity index (χ0v) is 10.6. The van der Waals surface area contributed by atoms with E-state index >= 15 is 0 Å². The third-order valence-corrected chi connectivity index (χ3v) is 3.33. The number of aryl methyl sites for hydroxylation is 1. The van der Waals surface area contributed by atoms with Crippen LogP contribution in [-0.2, 0) is 11.3 Å². The Morgan fingerprint density at radius 2 is 2.29 bits per heavy atom. The van der Waals surface area contributed by atoms with Crippen LogP contribution in [-0.4, -0.2) is 34.8 Å². The maximum Gasteiger partial charge on any atom is 0.0945 e. The van der Waals surface area contributed by atoms with Crippen LogP contribution >= 0.6 is 0 Å². The van der Waals surface area contributed by atoms with E-state index in [1.54, 1.807) is 0 Å². The van der Waals surface area contributed by atoms with Gasteiger partial charge in [0.15, 0.2) is 0 Å². The van der Waals surface area contributed by atoms with Gasteiger partial charge < -0.3 is 14.6 Å². The highest BCUT2D eigenvalue weighted by Gasteiger charge is 2.28. The number of hydrogen-bond donors (Lipinski definition) is 1. The molecule has 1 aromatic heterocycles. The lowest BCUT2D eigenvalue weighted by molar-refractivity contribution is -0.00976. The maximum atomic E-state index is 5.53. The molecular weight excluding hydrogens is 214 g/mol. The van der Waals surface area contributed by atoms with Gasteiger partial charge in [-0.1, -0.05) is 0 Å². The molecule has 1 heterocycles. The van der Waals surface area contributed by atoms with E-state index in [1.165, 1.54) is 25.7 Å². The van der Waals surface area contributed by atoms with Crippen molar-refractivity contribution in [1.82, 2.24) is 14.9 Å². The van der Waals surface area contributed by atoms with E-state index in [4.69, 9.17) is 4.74 Å². The van der Waals surface area contributed by atoms with Crippen molar-refractivity contribution in [2.24, 2.45) is 0 Å². The van der Waals surface area contributed by atoms with Gasteiger partial charge in [-0.15, -0.1) is 0 Å². The van der Waals surface area contributed by atoms with Crippen LogP contribution < -0.4 is 5.32 Å². The van der Waals surface area contributed by atoms with Crippen molar-refractivity contribution in [3.63, 3.8) is 0 Å². The molecule has 17 heavy (non-hydrogen) atoms. The Bertz CT molecular complexity index is 294. The number of nitrogens with zero attached hydrogens (tertiary/aromatic N) is 2. The molecule has 2 rings (SSSR count). The molecule has 4 nitrogen and oxygen atoms in total. The summed E-state index contributed by atoms with van der Waals surface area (Å²) in [4.78, 5) is 4.03. The third kappa shape index (κ3) is 4.13. The van der Waals surface area contributed by atoms with Crippen molar-refractivity contribution >= 4 is 0 Å².